The molecule has 0 radical (unpaired) electrons. The molecule has 1 aromatic carbocycles. The first-order valence-electron chi connectivity index (χ1n) is 4.01. The molecule has 6 heteroatoms. The maximum atomic E-state index is 11.4. The highest BCUT2D eigenvalue weighted by atomic mass is 79.9. The summed E-state index contributed by atoms with van der Waals surface area (Å²) in [6, 6.07) is 2.87. The Bertz CT molecular complexity index is 432. The fraction of sp³-hybridized carbons (Fsp3) is 0.222. The normalized spacial score (nSPS) is 10.1. The van der Waals surface area contributed by atoms with E-state index in [2.05, 4.69) is 31.9 Å². The van der Waals surface area contributed by atoms with Gasteiger partial charge in [-0.25, -0.2) is 0 Å². The summed E-state index contributed by atoms with van der Waals surface area (Å²) < 4.78 is 0.385. The van der Waals surface area contributed by atoms with E-state index in [1.807, 2.05) is 0 Å². The molecule has 0 aromatic heterocycles. The molecule has 0 aliphatic carbocycles. The number of halogens is 2. The molecule has 0 fully saturated rings. The van der Waals surface area contributed by atoms with Crippen LogP contribution in [-0.2, 0) is 0 Å². The molecule has 1 aromatic rings. The fourth-order valence-electron chi connectivity index (χ4n) is 1.17. The van der Waals surface area contributed by atoms with Gasteiger partial charge in [0.15, 0.2) is 5.78 Å². The number of nitro groups is 1. The van der Waals surface area contributed by atoms with Gasteiger partial charge in [0.2, 0.25) is 0 Å². The van der Waals surface area contributed by atoms with Crippen LogP contribution in [0.2, 0.25) is 0 Å². The summed E-state index contributed by atoms with van der Waals surface area (Å²) in [5, 5.41) is 10.8. The van der Waals surface area contributed by atoms with Crippen LogP contribution in [0.25, 0.3) is 0 Å². The van der Waals surface area contributed by atoms with Crippen molar-refractivity contribution in [1.29, 1.82) is 0 Å². The van der Waals surface area contributed by atoms with Crippen molar-refractivity contribution >= 4 is 43.3 Å². The molecule has 1 rings (SSSR count). The fourth-order valence-corrected chi connectivity index (χ4v) is 2.08. The zero-order valence-corrected chi connectivity index (χ0v) is 11.0. The number of aryl methyl sites for hydroxylation is 1. The Morgan fingerprint density at radius 3 is 2.60 bits per heavy atom. The molecular weight excluding hydrogens is 330 g/mol. The lowest BCUT2D eigenvalue weighted by molar-refractivity contribution is -0.385. The summed E-state index contributed by atoms with van der Waals surface area (Å²) in [5.41, 5.74) is 1.00. The molecule has 80 valence electrons. The molecular formula is C9H7Br2NO3. The van der Waals surface area contributed by atoms with Gasteiger partial charge in [0.1, 0.15) is 0 Å². The van der Waals surface area contributed by atoms with E-state index in [4.69, 9.17) is 0 Å². The number of alkyl halides is 1. The van der Waals surface area contributed by atoms with Gasteiger partial charge in [-0.3, -0.25) is 14.9 Å². The van der Waals surface area contributed by atoms with E-state index >= 15 is 0 Å². The quantitative estimate of drug-likeness (QED) is 0.368. The largest absolute Gasteiger partial charge is 0.293 e. The second-order valence-electron chi connectivity index (χ2n) is 2.93. The number of hydrogen-bond donors (Lipinski definition) is 0. The number of nitro benzene ring substituents is 1. The number of benzene rings is 1. The van der Waals surface area contributed by atoms with Crippen molar-refractivity contribution in [2.24, 2.45) is 0 Å². The number of ketones is 1. The van der Waals surface area contributed by atoms with Gasteiger partial charge in [0.25, 0.3) is 5.69 Å². The molecule has 0 heterocycles. The van der Waals surface area contributed by atoms with E-state index in [0.29, 0.717) is 10.0 Å². The highest BCUT2D eigenvalue weighted by Crippen LogP contribution is 2.28. The summed E-state index contributed by atoms with van der Waals surface area (Å²) in [7, 11) is 0. The zero-order valence-electron chi connectivity index (χ0n) is 7.79. The van der Waals surface area contributed by atoms with Crippen molar-refractivity contribution in [2.45, 2.75) is 6.92 Å². The molecule has 0 atom stereocenters. The van der Waals surface area contributed by atoms with Crippen LogP contribution in [-0.4, -0.2) is 16.0 Å². The van der Waals surface area contributed by atoms with E-state index in [1.54, 1.807) is 13.0 Å². The van der Waals surface area contributed by atoms with Gasteiger partial charge in [-0.15, -0.1) is 0 Å². The minimum absolute atomic E-state index is 0.0927. The van der Waals surface area contributed by atoms with Gasteiger partial charge in [0, 0.05) is 11.6 Å². The van der Waals surface area contributed by atoms with Gasteiger partial charge in [-0.2, -0.15) is 0 Å². The Morgan fingerprint density at radius 2 is 2.13 bits per heavy atom. The monoisotopic (exact) mass is 335 g/mol. The summed E-state index contributed by atoms with van der Waals surface area (Å²) in [6.45, 7) is 1.74. The van der Waals surface area contributed by atoms with Crippen molar-refractivity contribution in [3.63, 3.8) is 0 Å². The maximum absolute atomic E-state index is 11.4. The highest BCUT2D eigenvalue weighted by Gasteiger charge is 2.17. The lowest BCUT2D eigenvalue weighted by Gasteiger charge is -2.04. The van der Waals surface area contributed by atoms with Crippen LogP contribution in [0.15, 0.2) is 16.6 Å². The van der Waals surface area contributed by atoms with Crippen molar-refractivity contribution in [1.82, 2.24) is 0 Å². The molecule has 0 spiro atoms. The first kappa shape index (κ1) is 12.3. The Hall–Kier alpha value is -0.750. The topological polar surface area (TPSA) is 60.2 Å². The SMILES string of the molecule is Cc1cc(Br)c([N+](=O)[O-])cc1C(=O)CBr. The molecule has 4 nitrogen and oxygen atoms in total. The lowest BCUT2D eigenvalue weighted by atomic mass is 10.1. The summed E-state index contributed by atoms with van der Waals surface area (Å²) in [6.07, 6.45) is 0. The third kappa shape index (κ3) is 2.63. The maximum Gasteiger partial charge on any atom is 0.284 e. The van der Waals surface area contributed by atoms with Crippen LogP contribution in [0.3, 0.4) is 0 Å². The van der Waals surface area contributed by atoms with Crippen molar-refractivity contribution in [3.05, 3.63) is 37.8 Å². The second kappa shape index (κ2) is 4.85. The van der Waals surface area contributed by atoms with Gasteiger partial charge in [0.05, 0.1) is 14.7 Å². The van der Waals surface area contributed by atoms with Crippen molar-refractivity contribution in [3.8, 4) is 0 Å². The minimum Gasteiger partial charge on any atom is -0.293 e. The van der Waals surface area contributed by atoms with Crippen LogP contribution in [0.1, 0.15) is 15.9 Å². The van der Waals surface area contributed by atoms with Crippen molar-refractivity contribution < 1.29 is 9.72 Å². The van der Waals surface area contributed by atoms with E-state index in [0.717, 1.165) is 5.56 Å². The Kier molecular flexibility index (Phi) is 3.98. The minimum atomic E-state index is -0.519. The number of Topliss-reactive ketones (excluding diaryl/α,β-unsaturated/α-hetero) is 1. The molecule has 0 aliphatic rings. The molecule has 0 saturated carbocycles. The van der Waals surface area contributed by atoms with Crippen LogP contribution < -0.4 is 0 Å². The zero-order chi connectivity index (χ0) is 11.6. The van der Waals surface area contributed by atoms with Gasteiger partial charge >= 0.3 is 0 Å². The number of rotatable bonds is 3. The predicted molar refractivity (Wildman–Crippen MR) is 63.7 cm³/mol. The third-order valence-corrected chi connectivity index (χ3v) is 3.06. The van der Waals surface area contributed by atoms with Crippen LogP contribution in [0, 0.1) is 17.0 Å². The summed E-state index contributed by atoms with van der Waals surface area (Å²) in [5.74, 6) is -0.164. The Labute approximate surface area is 103 Å². The smallest absolute Gasteiger partial charge is 0.284 e. The molecule has 0 bridgehead atoms. The van der Waals surface area contributed by atoms with Crippen LogP contribution >= 0.6 is 31.9 Å². The van der Waals surface area contributed by atoms with Gasteiger partial charge < -0.3 is 0 Å². The Morgan fingerprint density at radius 1 is 1.53 bits per heavy atom. The van der Waals surface area contributed by atoms with Gasteiger partial charge in [-0.1, -0.05) is 15.9 Å². The molecule has 0 amide bonds. The first-order valence-corrected chi connectivity index (χ1v) is 5.92. The van der Waals surface area contributed by atoms with E-state index < -0.39 is 4.92 Å². The highest BCUT2D eigenvalue weighted by molar-refractivity contribution is 9.10. The van der Waals surface area contributed by atoms with Crippen molar-refractivity contribution in [2.75, 3.05) is 5.33 Å². The van der Waals surface area contributed by atoms with Crippen LogP contribution in [0.5, 0.6) is 0 Å². The molecule has 0 unspecified atom stereocenters. The molecule has 0 N–H and O–H groups in total. The van der Waals surface area contributed by atoms with Crippen LogP contribution in [0.4, 0.5) is 5.69 Å². The summed E-state index contributed by atoms with van der Waals surface area (Å²) in [4.78, 5) is 21.6. The standard InChI is InChI=1S/C9H7Br2NO3/c1-5-2-7(11)8(12(14)15)3-6(5)9(13)4-10/h2-3H,4H2,1H3. The molecule has 0 aliphatic heterocycles. The second-order valence-corrected chi connectivity index (χ2v) is 4.35. The number of hydrogen-bond acceptors (Lipinski definition) is 3. The van der Waals surface area contributed by atoms with E-state index in [1.165, 1.54) is 6.07 Å². The first-order chi connectivity index (χ1) is 6.97. The number of nitrogens with zero attached hydrogens (tertiary/aromatic N) is 1. The van der Waals surface area contributed by atoms with E-state index in [9.17, 15) is 14.9 Å². The number of carbonyl (C=O) groups is 1. The summed E-state index contributed by atoms with van der Waals surface area (Å²) >= 11 is 6.12. The number of carbonyl (C=O) groups excluding carboxylic acids is 1. The lowest BCUT2D eigenvalue weighted by Crippen LogP contribution is -2.04. The van der Waals surface area contributed by atoms with Gasteiger partial charge in [-0.05, 0) is 34.5 Å². The average molecular weight is 337 g/mol. The van der Waals surface area contributed by atoms with E-state index in [-0.39, 0.29) is 16.8 Å². The predicted octanol–water partition coefficient (Wildman–Crippen LogP) is 3.24. The Balaban J connectivity index is 3.36. The molecule has 15 heavy (non-hydrogen) atoms. The average Bonchev–Trinajstić information content (AvgIpc) is 2.16. The molecule has 0 saturated heterocycles. The third-order valence-electron chi connectivity index (χ3n) is 1.91.